The maximum Gasteiger partial charge on any atom is 0.336 e. The number of aliphatic hydroxyl groups excluding tert-OH is 1. The molecule has 0 bridgehead atoms. The molecule has 0 fully saturated rings. The SMILES string of the molecule is COC(=O)[C@H](O)CN(N)Cc1ccc(-c2cccc(Cl)c2)cc1. The molecule has 2 rings (SSSR count). The summed E-state index contributed by atoms with van der Waals surface area (Å²) >= 11 is 6.00. The van der Waals surface area contributed by atoms with Gasteiger partial charge in [-0.1, -0.05) is 48.0 Å². The van der Waals surface area contributed by atoms with E-state index in [1.165, 1.54) is 12.1 Å². The average molecular weight is 335 g/mol. The Hall–Kier alpha value is -1.92. The number of nitrogens with two attached hydrogens (primary N) is 1. The summed E-state index contributed by atoms with van der Waals surface area (Å²) < 4.78 is 4.46. The first-order valence-electron chi connectivity index (χ1n) is 7.10. The lowest BCUT2D eigenvalue weighted by Crippen LogP contribution is -2.41. The Balaban J connectivity index is 1.98. The van der Waals surface area contributed by atoms with E-state index in [2.05, 4.69) is 4.74 Å². The fourth-order valence-electron chi connectivity index (χ4n) is 2.20. The molecule has 0 aromatic heterocycles. The highest BCUT2D eigenvalue weighted by atomic mass is 35.5. The molecule has 0 unspecified atom stereocenters. The molecule has 0 saturated carbocycles. The van der Waals surface area contributed by atoms with Crippen molar-refractivity contribution in [1.82, 2.24) is 5.01 Å². The van der Waals surface area contributed by atoms with Crippen LogP contribution >= 0.6 is 11.6 Å². The molecule has 0 radical (unpaired) electrons. The van der Waals surface area contributed by atoms with Crippen LogP contribution in [0.5, 0.6) is 0 Å². The zero-order chi connectivity index (χ0) is 16.8. The first-order valence-corrected chi connectivity index (χ1v) is 7.48. The fourth-order valence-corrected chi connectivity index (χ4v) is 2.39. The van der Waals surface area contributed by atoms with Gasteiger partial charge in [0.2, 0.25) is 0 Å². The normalized spacial score (nSPS) is 12.2. The van der Waals surface area contributed by atoms with Crippen molar-refractivity contribution in [1.29, 1.82) is 0 Å². The number of hydrazine groups is 1. The van der Waals surface area contributed by atoms with Crippen molar-refractivity contribution in [3.8, 4) is 11.1 Å². The van der Waals surface area contributed by atoms with Crippen LogP contribution in [0.3, 0.4) is 0 Å². The third kappa shape index (κ3) is 5.04. The van der Waals surface area contributed by atoms with Crippen LogP contribution in [0.15, 0.2) is 48.5 Å². The molecule has 0 saturated heterocycles. The largest absolute Gasteiger partial charge is 0.467 e. The second-order valence-electron chi connectivity index (χ2n) is 5.18. The highest BCUT2D eigenvalue weighted by Crippen LogP contribution is 2.23. The summed E-state index contributed by atoms with van der Waals surface area (Å²) in [6.07, 6.45) is -1.25. The van der Waals surface area contributed by atoms with E-state index < -0.39 is 12.1 Å². The van der Waals surface area contributed by atoms with Crippen LogP contribution in [0.4, 0.5) is 0 Å². The van der Waals surface area contributed by atoms with E-state index >= 15 is 0 Å². The van der Waals surface area contributed by atoms with Crippen molar-refractivity contribution in [2.75, 3.05) is 13.7 Å². The number of nitrogens with zero attached hydrogens (tertiary/aromatic N) is 1. The first-order chi connectivity index (χ1) is 11.0. The molecule has 1 atom stereocenters. The number of rotatable bonds is 6. The van der Waals surface area contributed by atoms with Gasteiger partial charge >= 0.3 is 5.97 Å². The molecule has 0 aliphatic rings. The van der Waals surface area contributed by atoms with Gasteiger partial charge in [0.15, 0.2) is 6.10 Å². The van der Waals surface area contributed by atoms with Crippen molar-refractivity contribution < 1.29 is 14.6 Å². The maximum atomic E-state index is 11.2. The lowest BCUT2D eigenvalue weighted by molar-refractivity contribution is -0.151. The molecule has 2 aromatic rings. The summed E-state index contributed by atoms with van der Waals surface area (Å²) in [5.41, 5.74) is 3.06. The minimum absolute atomic E-state index is 0.00270. The van der Waals surface area contributed by atoms with E-state index in [0.29, 0.717) is 11.6 Å². The number of carbonyl (C=O) groups is 1. The molecule has 6 heteroatoms. The first kappa shape index (κ1) is 17.4. The summed E-state index contributed by atoms with van der Waals surface area (Å²) in [7, 11) is 1.22. The standard InChI is InChI=1S/C17H19ClN2O3/c1-23-17(22)16(21)11-20(19)10-12-5-7-13(8-6-12)14-3-2-4-15(18)9-14/h2-9,16,21H,10-11,19H2,1H3/t16-/m1/s1. The molecule has 5 nitrogen and oxygen atoms in total. The number of aliphatic hydroxyl groups is 1. The molecular weight excluding hydrogens is 316 g/mol. The molecule has 2 aromatic carbocycles. The average Bonchev–Trinajstić information content (AvgIpc) is 2.54. The smallest absolute Gasteiger partial charge is 0.336 e. The Morgan fingerprint density at radius 2 is 1.96 bits per heavy atom. The van der Waals surface area contributed by atoms with Crippen LogP contribution in [0, 0.1) is 0 Å². The summed E-state index contributed by atoms with van der Waals surface area (Å²) in [5, 5.41) is 11.6. The lowest BCUT2D eigenvalue weighted by Gasteiger charge is -2.19. The minimum atomic E-state index is -1.25. The van der Waals surface area contributed by atoms with Gasteiger partial charge in [-0.05, 0) is 28.8 Å². The van der Waals surface area contributed by atoms with Crippen molar-refractivity contribution in [2.45, 2.75) is 12.6 Å². The van der Waals surface area contributed by atoms with Crippen LogP contribution in [-0.2, 0) is 16.1 Å². The van der Waals surface area contributed by atoms with Crippen molar-refractivity contribution in [3.05, 3.63) is 59.1 Å². The van der Waals surface area contributed by atoms with Gasteiger partial charge in [0.25, 0.3) is 0 Å². The van der Waals surface area contributed by atoms with Gasteiger partial charge in [0.1, 0.15) is 0 Å². The number of benzene rings is 2. The zero-order valence-corrected chi connectivity index (χ0v) is 13.5. The molecule has 0 spiro atoms. The molecule has 0 aliphatic heterocycles. The second-order valence-corrected chi connectivity index (χ2v) is 5.61. The topological polar surface area (TPSA) is 75.8 Å². The number of carbonyl (C=O) groups excluding carboxylic acids is 1. The highest BCUT2D eigenvalue weighted by Gasteiger charge is 2.17. The zero-order valence-electron chi connectivity index (χ0n) is 12.8. The molecule has 0 aliphatic carbocycles. The molecule has 122 valence electrons. The van der Waals surface area contributed by atoms with E-state index in [-0.39, 0.29) is 6.54 Å². The van der Waals surface area contributed by atoms with Crippen molar-refractivity contribution >= 4 is 17.6 Å². The fraction of sp³-hybridized carbons (Fsp3) is 0.235. The molecular formula is C17H19ClN2O3. The van der Waals surface area contributed by atoms with Crippen LogP contribution in [0.2, 0.25) is 5.02 Å². The van der Waals surface area contributed by atoms with Gasteiger partial charge in [-0.15, -0.1) is 0 Å². The Morgan fingerprint density at radius 1 is 1.26 bits per heavy atom. The molecule has 0 heterocycles. The monoisotopic (exact) mass is 334 g/mol. The molecule has 23 heavy (non-hydrogen) atoms. The van der Waals surface area contributed by atoms with Crippen molar-refractivity contribution in [3.63, 3.8) is 0 Å². The van der Waals surface area contributed by atoms with E-state index in [4.69, 9.17) is 17.4 Å². The highest BCUT2D eigenvalue weighted by molar-refractivity contribution is 6.30. The van der Waals surface area contributed by atoms with E-state index in [1.807, 2.05) is 48.5 Å². The van der Waals surface area contributed by atoms with Crippen LogP contribution in [0.25, 0.3) is 11.1 Å². The summed E-state index contributed by atoms with van der Waals surface area (Å²) in [6, 6.07) is 15.5. The van der Waals surface area contributed by atoms with Gasteiger partial charge in [0.05, 0.1) is 13.7 Å². The Morgan fingerprint density at radius 3 is 2.57 bits per heavy atom. The van der Waals surface area contributed by atoms with Gasteiger partial charge < -0.3 is 9.84 Å². The predicted molar refractivity (Wildman–Crippen MR) is 89.5 cm³/mol. The third-order valence-electron chi connectivity index (χ3n) is 3.38. The van der Waals surface area contributed by atoms with E-state index in [9.17, 15) is 9.90 Å². The number of methoxy groups -OCH3 is 1. The van der Waals surface area contributed by atoms with E-state index in [0.717, 1.165) is 16.7 Å². The van der Waals surface area contributed by atoms with Crippen LogP contribution in [0.1, 0.15) is 5.56 Å². The van der Waals surface area contributed by atoms with Crippen LogP contribution in [-0.4, -0.2) is 35.8 Å². The molecule has 0 amide bonds. The van der Waals surface area contributed by atoms with Gasteiger partial charge in [-0.3, -0.25) is 5.84 Å². The number of esters is 1. The van der Waals surface area contributed by atoms with Crippen LogP contribution < -0.4 is 5.84 Å². The number of ether oxygens (including phenoxy) is 1. The van der Waals surface area contributed by atoms with Gasteiger partial charge in [-0.25, -0.2) is 9.80 Å². The lowest BCUT2D eigenvalue weighted by atomic mass is 10.0. The second kappa shape index (κ2) is 8.08. The van der Waals surface area contributed by atoms with E-state index in [1.54, 1.807) is 0 Å². The summed E-state index contributed by atoms with van der Waals surface area (Å²) in [4.78, 5) is 11.2. The Bertz CT molecular complexity index is 661. The minimum Gasteiger partial charge on any atom is -0.467 e. The summed E-state index contributed by atoms with van der Waals surface area (Å²) in [5.74, 6) is 5.12. The Labute approximate surface area is 140 Å². The Kier molecular flexibility index (Phi) is 6.12. The number of hydrogen-bond donors (Lipinski definition) is 2. The molecule has 3 N–H and O–H groups in total. The van der Waals surface area contributed by atoms with Crippen molar-refractivity contribution in [2.24, 2.45) is 5.84 Å². The predicted octanol–water partition coefficient (Wildman–Crippen LogP) is 2.22. The van der Waals surface area contributed by atoms with Gasteiger partial charge in [0, 0.05) is 11.6 Å². The third-order valence-corrected chi connectivity index (χ3v) is 3.61. The maximum absolute atomic E-state index is 11.2. The van der Waals surface area contributed by atoms with Gasteiger partial charge in [-0.2, -0.15) is 0 Å². The summed E-state index contributed by atoms with van der Waals surface area (Å²) in [6.45, 7) is 0.409. The number of hydrogen-bond acceptors (Lipinski definition) is 5. The number of halogens is 1. The quantitative estimate of drug-likeness (QED) is 0.481.